The van der Waals surface area contributed by atoms with Crippen molar-refractivity contribution in [3.05, 3.63) is 59.7 Å². The molecule has 0 fully saturated rings. The van der Waals surface area contributed by atoms with Crippen LogP contribution in [0.2, 0.25) is 0 Å². The van der Waals surface area contributed by atoms with Gasteiger partial charge in [0.15, 0.2) is 11.5 Å². The van der Waals surface area contributed by atoms with Crippen molar-refractivity contribution in [3.8, 4) is 11.5 Å². The molecule has 0 radical (unpaired) electrons. The molecule has 1 N–H and O–H groups in total. The second kappa shape index (κ2) is 7.26. The molecule has 0 aliphatic carbocycles. The van der Waals surface area contributed by atoms with Crippen LogP contribution in [0, 0.1) is 0 Å². The first-order valence-electron chi connectivity index (χ1n) is 6.83. The van der Waals surface area contributed by atoms with Gasteiger partial charge in [0.05, 0.1) is 6.61 Å². The number of Topliss-reactive ketones (excluding diaryl/α,β-unsaturated/α-hetero) is 1. The van der Waals surface area contributed by atoms with Crippen LogP contribution in [-0.2, 0) is 16.1 Å². The number of ketones is 1. The predicted molar refractivity (Wildman–Crippen MR) is 79.8 cm³/mol. The third-order valence-corrected chi connectivity index (χ3v) is 2.92. The standard InChI is InChI=1S/C17H16O5/c1-2-21-17(20)16(19)13-8-9-14(18)15(10-13)22-11-12-6-4-3-5-7-12/h3-10,18H,2,11H2,1H3. The van der Waals surface area contributed by atoms with Crippen molar-refractivity contribution < 1.29 is 24.2 Å². The maximum atomic E-state index is 11.9. The first-order chi connectivity index (χ1) is 10.6. The molecule has 0 aliphatic rings. The minimum atomic E-state index is -0.929. The Hall–Kier alpha value is -2.82. The Morgan fingerprint density at radius 3 is 2.50 bits per heavy atom. The maximum absolute atomic E-state index is 11.9. The molecule has 0 unspecified atom stereocenters. The molecule has 2 aromatic rings. The molecule has 5 nitrogen and oxygen atoms in total. The lowest BCUT2D eigenvalue weighted by Gasteiger charge is -2.09. The van der Waals surface area contributed by atoms with E-state index in [2.05, 4.69) is 4.74 Å². The maximum Gasteiger partial charge on any atom is 0.379 e. The Kier molecular flexibility index (Phi) is 5.14. The summed E-state index contributed by atoms with van der Waals surface area (Å²) in [7, 11) is 0. The van der Waals surface area contributed by atoms with Gasteiger partial charge in [-0.3, -0.25) is 4.79 Å². The van der Waals surface area contributed by atoms with Crippen molar-refractivity contribution in [2.45, 2.75) is 13.5 Å². The summed E-state index contributed by atoms with van der Waals surface area (Å²) < 4.78 is 10.2. The normalized spacial score (nSPS) is 10.0. The highest BCUT2D eigenvalue weighted by Gasteiger charge is 2.19. The number of hydrogen-bond acceptors (Lipinski definition) is 5. The smallest absolute Gasteiger partial charge is 0.379 e. The summed E-state index contributed by atoms with van der Waals surface area (Å²) in [6.07, 6.45) is 0. The molecule has 2 rings (SSSR count). The molecule has 0 bridgehead atoms. The number of carbonyl (C=O) groups is 2. The summed E-state index contributed by atoms with van der Waals surface area (Å²) in [5, 5.41) is 9.78. The van der Waals surface area contributed by atoms with Crippen LogP contribution in [0.3, 0.4) is 0 Å². The van der Waals surface area contributed by atoms with Crippen molar-refractivity contribution in [2.24, 2.45) is 0 Å². The average Bonchev–Trinajstić information content (AvgIpc) is 2.54. The second-order valence-electron chi connectivity index (χ2n) is 4.51. The van der Waals surface area contributed by atoms with E-state index in [1.165, 1.54) is 18.2 Å². The molecule has 2 aromatic carbocycles. The van der Waals surface area contributed by atoms with Gasteiger partial charge in [0, 0.05) is 5.56 Å². The zero-order valence-corrected chi connectivity index (χ0v) is 12.1. The SMILES string of the molecule is CCOC(=O)C(=O)c1ccc(O)c(OCc2ccccc2)c1. The molecule has 114 valence electrons. The van der Waals surface area contributed by atoms with E-state index in [1.54, 1.807) is 6.92 Å². The van der Waals surface area contributed by atoms with E-state index in [0.29, 0.717) is 0 Å². The fourth-order valence-electron chi connectivity index (χ4n) is 1.82. The lowest BCUT2D eigenvalue weighted by Crippen LogP contribution is -2.17. The van der Waals surface area contributed by atoms with Crippen LogP contribution >= 0.6 is 0 Å². The van der Waals surface area contributed by atoms with E-state index in [9.17, 15) is 14.7 Å². The number of phenols is 1. The molecular weight excluding hydrogens is 284 g/mol. The fourth-order valence-corrected chi connectivity index (χ4v) is 1.82. The Balaban J connectivity index is 2.13. The van der Waals surface area contributed by atoms with Gasteiger partial charge in [0.25, 0.3) is 5.78 Å². The van der Waals surface area contributed by atoms with Gasteiger partial charge in [0.1, 0.15) is 6.61 Å². The highest BCUT2D eigenvalue weighted by Crippen LogP contribution is 2.28. The largest absolute Gasteiger partial charge is 0.504 e. The van der Waals surface area contributed by atoms with Crippen LogP contribution in [0.1, 0.15) is 22.8 Å². The summed E-state index contributed by atoms with van der Waals surface area (Å²) in [6.45, 7) is 1.99. The quantitative estimate of drug-likeness (QED) is 0.504. The van der Waals surface area contributed by atoms with E-state index >= 15 is 0 Å². The summed E-state index contributed by atoms with van der Waals surface area (Å²) in [4.78, 5) is 23.3. The first-order valence-corrected chi connectivity index (χ1v) is 6.83. The molecule has 0 saturated carbocycles. The number of benzene rings is 2. The molecule has 0 atom stereocenters. The van der Waals surface area contributed by atoms with Crippen LogP contribution in [0.5, 0.6) is 11.5 Å². The van der Waals surface area contributed by atoms with E-state index in [1.807, 2.05) is 30.3 Å². The minimum Gasteiger partial charge on any atom is -0.504 e. The Morgan fingerprint density at radius 1 is 1.09 bits per heavy atom. The summed E-state index contributed by atoms with van der Waals surface area (Å²) in [5.41, 5.74) is 1.03. The van der Waals surface area contributed by atoms with Crippen LogP contribution < -0.4 is 4.74 Å². The van der Waals surface area contributed by atoms with Gasteiger partial charge in [-0.15, -0.1) is 0 Å². The zero-order valence-electron chi connectivity index (χ0n) is 12.1. The second-order valence-corrected chi connectivity index (χ2v) is 4.51. The van der Waals surface area contributed by atoms with Gasteiger partial charge in [0.2, 0.25) is 0 Å². The monoisotopic (exact) mass is 300 g/mol. The number of hydrogen-bond donors (Lipinski definition) is 1. The van der Waals surface area contributed by atoms with Gasteiger partial charge in [-0.1, -0.05) is 30.3 Å². The van der Waals surface area contributed by atoms with Gasteiger partial charge in [-0.2, -0.15) is 0 Å². The van der Waals surface area contributed by atoms with Crippen LogP contribution in [0.25, 0.3) is 0 Å². The van der Waals surface area contributed by atoms with Gasteiger partial charge in [-0.25, -0.2) is 4.79 Å². The molecule has 0 heterocycles. The number of esters is 1. The third-order valence-electron chi connectivity index (χ3n) is 2.92. The third kappa shape index (κ3) is 3.85. The Morgan fingerprint density at radius 2 is 1.82 bits per heavy atom. The van der Waals surface area contributed by atoms with Crippen LogP contribution in [0.15, 0.2) is 48.5 Å². The highest BCUT2D eigenvalue weighted by molar-refractivity contribution is 6.40. The first kappa shape index (κ1) is 15.6. The van der Waals surface area contributed by atoms with Crippen LogP contribution in [-0.4, -0.2) is 23.5 Å². The van der Waals surface area contributed by atoms with E-state index in [4.69, 9.17) is 4.74 Å². The highest BCUT2D eigenvalue weighted by atomic mass is 16.5. The number of carbonyl (C=O) groups excluding carboxylic acids is 2. The van der Waals surface area contributed by atoms with Gasteiger partial charge < -0.3 is 14.6 Å². The van der Waals surface area contributed by atoms with E-state index in [0.717, 1.165) is 5.56 Å². The van der Waals surface area contributed by atoms with Crippen molar-refractivity contribution in [1.29, 1.82) is 0 Å². The lowest BCUT2D eigenvalue weighted by atomic mass is 10.1. The molecule has 22 heavy (non-hydrogen) atoms. The molecular formula is C17H16O5. The summed E-state index contributed by atoms with van der Waals surface area (Å²) in [6, 6.07) is 13.4. The fraction of sp³-hybridized carbons (Fsp3) is 0.176. The van der Waals surface area contributed by atoms with E-state index in [-0.39, 0.29) is 30.3 Å². The van der Waals surface area contributed by atoms with Crippen molar-refractivity contribution in [2.75, 3.05) is 6.61 Å². The number of phenolic OH excluding ortho intramolecular Hbond substituents is 1. The van der Waals surface area contributed by atoms with E-state index < -0.39 is 11.8 Å². The molecule has 0 aliphatic heterocycles. The van der Waals surface area contributed by atoms with Crippen molar-refractivity contribution >= 4 is 11.8 Å². The minimum absolute atomic E-state index is 0.101. The van der Waals surface area contributed by atoms with Crippen LogP contribution in [0.4, 0.5) is 0 Å². The number of ether oxygens (including phenoxy) is 2. The Bertz CT molecular complexity index is 664. The average molecular weight is 300 g/mol. The van der Waals surface area contributed by atoms with Gasteiger partial charge in [-0.05, 0) is 30.7 Å². The lowest BCUT2D eigenvalue weighted by molar-refractivity contribution is -0.137. The summed E-state index contributed by atoms with van der Waals surface area (Å²) >= 11 is 0. The molecule has 0 aromatic heterocycles. The predicted octanol–water partition coefficient (Wildman–Crippen LogP) is 2.72. The zero-order chi connectivity index (χ0) is 15.9. The number of rotatable bonds is 6. The summed E-state index contributed by atoms with van der Waals surface area (Å²) in [5.74, 6) is -1.66. The molecule has 0 saturated heterocycles. The molecule has 5 heteroatoms. The van der Waals surface area contributed by atoms with Crippen molar-refractivity contribution in [3.63, 3.8) is 0 Å². The van der Waals surface area contributed by atoms with Gasteiger partial charge >= 0.3 is 5.97 Å². The molecule has 0 amide bonds. The Labute approximate surface area is 128 Å². The topological polar surface area (TPSA) is 72.8 Å². The number of aromatic hydroxyl groups is 1. The molecule has 0 spiro atoms. The van der Waals surface area contributed by atoms with Crippen molar-refractivity contribution in [1.82, 2.24) is 0 Å².